The number of hydrogen-bond donors (Lipinski definition) is 2. The average molecular weight is 343 g/mol. The van der Waals surface area contributed by atoms with Crippen LogP contribution in [-0.2, 0) is 4.79 Å². The third-order valence-corrected chi connectivity index (χ3v) is 3.98. The predicted molar refractivity (Wildman–Crippen MR) is 91.7 cm³/mol. The number of halogens is 1. The SMILES string of the molecule is O=C(O)C(CNc1ccc(-n2cnnc2)cc1Cl)c1ccccc1. The highest BCUT2D eigenvalue weighted by Crippen LogP contribution is 2.26. The zero-order chi connectivity index (χ0) is 16.9. The minimum absolute atomic E-state index is 0.241. The molecule has 1 atom stereocenters. The molecule has 0 aliphatic rings. The lowest BCUT2D eigenvalue weighted by atomic mass is 9.99. The number of hydrogen-bond acceptors (Lipinski definition) is 4. The van der Waals surface area contributed by atoms with E-state index >= 15 is 0 Å². The summed E-state index contributed by atoms with van der Waals surface area (Å²) in [5.41, 5.74) is 2.25. The molecule has 1 heterocycles. The Balaban J connectivity index is 1.75. The van der Waals surface area contributed by atoms with Crippen molar-refractivity contribution in [3.8, 4) is 5.69 Å². The second-order valence-corrected chi connectivity index (χ2v) is 5.62. The fraction of sp³-hybridized carbons (Fsp3) is 0.118. The third kappa shape index (κ3) is 3.55. The second kappa shape index (κ2) is 7.14. The molecule has 0 aliphatic carbocycles. The molecular weight excluding hydrogens is 328 g/mol. The molecule has 6 nitrogen and oxygen atoms in total. The summed E-state index contributed by atoms with van der Waals surface area (Å²) in [7, 11) is 0. The normalized spacial score (nSPS) is 11.9. The van der Waals surface area contributed by atoms with E-state index in [1.165, 1.54) is 0 Å². The fourth-order valence-corrected chi connectivity index (χ4v) is 2.63. The Hall–Kier alpha value is -2.86. The van der Waals surface area contributed by atoms with Gasteiger partial charge < -0.3 is 10.4 Å². The van der Waals surface area contributed by atoms with Crippen LogP contribution in [0.1, 0.15) is 11.5 Å². The van der Waals surface area contributed by atoms with Crippen molar-refractivity contribution in [2.45, 2.75) is 5.92 Å². The molecule has 0 spiro atoms. The van der Waals surface area contributed by atoms with Gasteiger partial charge in [-0.15, -0.1) is 10.2 Å². The van der Waals surface area contributed by atoms with Crippen molar-refractivity contribution in [2.24, 2.45) is 0 Å². The van der Waals surface area contributed by atoms with E-state index < -0.39 is 11.9 Å². The van der Waals surface area contributed by atoms with Crippen molar-refractivity contribution >= 4 is 23.3 Å². The highest BCUT2D eigenvalue weighted by Gasteiger charge is 2.19. The predicted octanol–water partition coefficient (Wildman–Crippen LogP) is 3.20. The van der Waals surface area contributed by atoms with E-state index in [1.54, 1.807) is 35.4 Å². The Morgan fingerprint density at radius 1 is 1.17 bits per heavy atom. The van der Waals surface area contributed by atoms with Gasteiger partial charge in [0.15, 0.2) is 0 Å². The molecule has 0 fully saturated rings. The molecule has 7 heteroatoms. The number of aliphatic carboxylic acids is 1. The summed E-state index contributed by atoms with van der Waals surface area (Å²) >= 11 is 6.29. The fourth-order valence-electron chi connectivity index (χ4n) is 2.39. The number of carboxylic acid groups (broad SMARTS) is 1. The quantitative estimate of drug-likeness (QED) is 0.719. The van der Waals surface area contributed by atoms with Crippen LogP contribution in [0.4, 0.5) is 5.69 Å². The van der Waals surface area contributed by atoms with Gasteiger partial charge in [0.1, 0.15) is 12.7 Å². The molecule has 1 aromatic heterocycles. The summed E-state index contributed by atoms with van der Waals surface area (Å²) in [5.74, 6) is -1.54. The van der Waals surface area contributed by atoms with Gasteiger partial charge in [-0.1, -0.05) is 41.9 Å². The van der Waals surface area contributed by atoms with Gasteiger partial charge in [0.05, 0.1) is 16.6 Å². The Morgan fingerprint density at radius 2 is 1.88 bits per heavy atom. The zero-order valence-corrected chi connectivity index (χ0v) is 13.4. The summed E-state index contributed by atoms with van der Waals surface area (Å²) in [6, 6.07) is 14.5. The molecule has 0 radical (unpaired) electrons. The first-order valence-corrected chi connectivity index (χ1v) is 7.69. The summed E-state index contributed by atoms with van der Waals surface area (Å²) < 4.78 is 1.74. The molecule has 3 rings (SSSR count). The van der Waals surface area contributed by atoms with Crippen molar-refractivity contribution in [1.82, 2.24) is 14.8 Å². The van der Waals surface area contributed by atoms with E-state index in [1.807, 2.05) is 30.3 Å². The first-order chi connectivity index (χ1) is 11.6. The Kier molecular flexibility index (Phi) is 4.77. The Morgan fingerprint density at radius 3 is 2.50 bits per heavy atom. The van der Waals surface area contributed by atoms with Gasteiger partial charge in [0, 0.05) is 12.2 Å². The lowest BCUT2D eigenvalue weighted by Gasteiger charge is -2.16. The van der Waals surface area contributed by atoms with E-state index in [2.05, 4.69) is 15.5 Å². The standard InChI is InChI=1S/C17H15ClN4O2/c18-15-8-13(22-10-20-21-11-22)6-7-16(15)19-9-14(17(23)24)12-4-2-1-3-5-12/h1-8,10-11,14,19H,9H2,(H,23,24). The molecule has 122 valence electrons. The molecule has 3 aromatic rings. The van der Waals surface area contributed by atoms with Gasteiger partial charge in [-0.25, -0.2) is 0 Å². The van der Waals surface area contributed by atoms with Crippen molar-refractivity contribution in [1.29, 1.82) is 0 Å². The van der Waals surface area contributed by atoms with Crippen LogP contribution >= 0.6 is 11.6 Å². The van der Waals surface area contributed by atoms with Crippen LogP contribution in [0.2, 0.25) is 5.02 Å². The maximum atomic E-state index is 11.5. The van der Waals surface area contributed by atoms with Gasteiger partial charge in [-0.05, 0) is 23.8 Å². The van der Waals surface area contributed by atoms with Crippen LogP contribution in [0.25, 0.3) is 5.69 Å². The monoisotopic (exact) mass is 342 g/mol. The highest BCUT2D eigenvalue weighted by molar-refractivity contribution is 6.33. The summed E-state index contributed by atoms with van der Waals surface area (Å²) in [5, 5.41) is 20.6. The van der Waals surface area contributed by atoms with Crippen molar-refractivity contribution < 1.29 is 9.90 Å². The molecule has 0 saturated heterocycles. The lowest BCUT2D eigenvalue weighted by Crippen LogP contribution is -2.21. The smallest absolute Gasteiger partial charge is 0.312 e. The second-order valence-electron chi connectivity index (χ2n) is 5.22. The number of nitrogens with zero attached hydrogens (tertiary/aromatic N) is 3. The van der Waals surface area contributed by atoms with Crippen LogP contribution in [0.5, 0.6) is 0 Å². The lowest BCUT2D eigenvalue weighted by molar-refractivity contribution is -0.138. The van der Waals surface area contributed by atoms with Crippen molar-refractivity contribution in [3.63, 3.8) is 0 Å². The summed E-state index contributed by atoms with van der Waals surface area (Å²) in [6.45, 7) is 0.241. The minimum atomic E-state index is -0.883. The van der Waals surface area contributed by atoms with Crippen molar-refractivity contribution in [2.75, 3.05) is 11.9 Å². The summed E-state index contributed by atoms with van der Waals surface area (Å²) in [4.78, 5) is 11.5. The highest BCUT2D eigenvalue weighted by atomic mass is 35.5. The van der Waals surface area contributed by atoms with Crippen LogP contribution in [-0.4, -0.2) is 32.4 Å². The van der Waals surface area contributed by atoms with Gasteiger partial charge in [0.2, 0.25) is 0 Å². The van der Waals surface area contributed by atoms with Gasteiger partial charge in [0.25, 0.3) is 0 Å². The number of anilines is 1. The number of carbonyl (C=O) groups is 1. The number of aromatic nitrogens is 3. The Bertz CT molecular complexity index is 822. The van der Waals surface area contributed by atoms with E-state index in [9.17, 15) is 9.90 Å². The van der Waals surface area contributed by atoms with Crippen LogP contribution < -0.4 is 5.32 Å². The molecule has 0 bridgehead atoms. The average Bonchev–Trinajstić information content (AvgIpc) is 3.11. The molecule has 1 unspecified atom stereocenters. The van der Waals surface area contributed by atoms with E-state index in [0.29, 0.717) is 10.7 Å². The van der Waals surface area contributed by atoms with E-state index in [-0.39, 0.29) is 6.54 Å². The van der Waals surface area contributed by atoms with Gasteiger partial charge >= 0.3 is 5.97 Å². The molecule has 24 heavy (non-hydrogen) atoms. The minimum Gasteiger partial charge on any atom is -0.481 e. The number of nitrogens with one attached hydrogen (secondary N) is 1. The molecule has 0 saturated carbocycles. The van der Waals surface area contributed by atoms with E-state index in [4.69, 9.17) is 11.6 Å². The van der Waals surface area contributed by atoms with E-state index in [0.717, 1.165) is 11.3 Å². The van der Waals surface area contributed by atoms with Crippen LogP contribution in [0.3, 0.4) is 0 Å². The molecule has 2 aromatic carbocycles. The third-order valence-electron chi connectivity index (χ3n) is 3.67. The summed E-state index contributed by atoms with van der Waals surface area (Å²) in [6.07, 6.45) is 3.16. The van der Waals surface area contributed by atoms with Crippen LogP contribution in [0, 0.1) is 0 Å². The largest absolute Gasteiger partial charge is 0.481 e. The van der Waals surface area contributed by atoms with Gasteiger partial charge in [-0.3, -0.25) is 9.36 Å². The van der Waals surface area contributed by atoms with Crippen LogP contribution in [0.15, 0.2) is 61.2 Å². The van der Waals surface area contributed by atoms with Crippen molar-refractivity contribution in [3.05, 3.63) is 71.8 Å². The molecular formula is C17H15ClN4O2. The Labute approximate surface area is 143 Å². The van der Waals surface area contributed by atoms with Gasteiger partial charge in [-0.2, -0.15) is 0 Å². The number of benzene rings is 2. The first-order valence-electron chi connectivity index (χ1n) is 7.31. The molecule has 2 N–H and O–H groups in total. The maximum Gasteiger partial charge on any atom is 0.312 e. The molecule has 0 aliphatic heterocycles. The maximum absolute atomic E-state index is 11.5. The first kappa shape index (κ1) is 16.0. The topological polar surface area (TPSA) is 80.0 Å². The number of carboxylic acids is 1. The number of rotatable bonds is 6. The zero-order valence-electron chi connectivity index (χ0n) is 12.6. The molecule has 0 amide bonds.